The van der Waals surface area contributed by atoms with Crippen LogP contribution in [0.4, 0.5) is 5.82 Å². The van der Waals surface area contributed by atoms with Gasteiger partial charge >= 0.3 is 0 Å². The molecule has 2 N–H and O–H groups in total. The first kappa shape index (κ1) is 11.6. The monoisotopic (exact) mass is 231 g/mol. The van der Waals surface area contributed by atoms with Crippen LogP contribution in [0.25, 0.3) is 10.9 Å². The van der Waals surface area contributed by atoms with Crippen molar-refractivity contribution in [2.75, 3.05) is 5.32 Å². The van der Waals surface area contributed by atoms with Crippen molar-refractivity contribution < 1.29 is 4.79 Å². The fourth-order valence-corrected chi connectivity index (χ4v) is 1.61. The van der Waals surface area contributed by atoms with Crippen LogP contribution in [0.1, 0.15) is 20.8 Å². The highest BCUT2D eigenvalue weighted by atomic mass is 16.1. The zero-order chi connectivity index (χ0) is 12.4. The molecular weight excluding hydrogens is 214 g/mol. The van der Waals surface area contributed by atoms with Crippen molar-refractivity contribution in [3.05, 3.63) is 24.5 Å². The van der Waals surface area contributed by atoms with E-state index in [1.807, 2.05) is 39.1 Å². The zero-order valence-corrected chi connectivity index (χ0v) is 10.3. The number of amides is 1. The summed E-state index contributed by atoms with van der Waals surface area (Å²) in [5.74, 6) is 0.902. The standard InChI is InChI=1S/C13H17N3O/c1-8(2)9(3)13(17)16-12-11-10(4-6-14-11)5-7-15-12/h4-9,14H,1-3H3,(H,15,16,17). The predicted octanol–water partition coefficient (Wildman–Crippen LogP) is 2.79. The molecule has 1 atom stereocenters. The average Bonchev–Trinajstić information content (AvgIpc) is 2.76. The number of rotatable bonds is 3. The van der Waals surface area contributed by atoms with Gasteiger partial charge in [-0.2, -0.15) is 0 Å². The van der Waals surface area contributed by atoms with Crippen LogP contribution >= 0.6 is 0 Å². The van der Waals surface area contributed by atoms with Crippen LogP contribution in [-0.4, -0.2) is 15.9 Å². The van der Waals surface area contributed by atoms with Crippen LogP contribution in [0.5, 0.6) is 0 Å². The lowest BCUT2D eigenvalue weighted by Crippen LogP contribution is -2.24. The number of H-pyrrole nitrogens is 1. The molecule has 0 aliphatic carbocycles. The topological polar surface area (TPSA) is 57.8 Å². The third-order valence-electron chi connectivity index (χ3n) is 3.13. The molecule has 17 heavy (non-hydrogen) atoms. The number of carbonyl (C=O) groups excluding carboxylic acids is 1. The summed E-state index contributed by atoms with van der Waals surface area (Å²) >= 11 is 0. The maximum absolute atomic E-state index is 12.0. The van der Waals surface area contributed by atoms with E-state index in [4.69, 9.17) is 0 Å². The number of hydrogen-bond acceptors (Lipinski definition) is 2. The minimum atomic E-state index is -0.0259. The first-order valence-corrected chi connectivity index (χ1v) is 5.82. The van der Waals surface area contributed by atoms with Crippen molar-refractivity contribution in [2.45, 2.75) is 20.8 Å². The first-order chi connectivity index (χ1) is 8.09. The van der Waals surface area contributed by atoms with Crippen LogP contribution in [0.3, 0.4) is 0 Å². The van der Waals surface area contributed by atoms with E-state index in [-0.39, 0.29) is 11.8 Å². The van der Waals surface area contributed by atoms with E-state index >= 15 is 0 Å². The number of nitrogens with one attached hydrogen (secondary N) is 2. The van der Waals surface area contributed by atoms with Crippen LogP contribution in [0.15, 0.2) is 24.5 Å². The molecule has 2 aromatic rings. The highest BCUT2D eigenvalue weighted by Gasteiger charge is 2.17. The number of aromatic amines is 1. The Hall–Kier alpha value is -1.84. The molecule has 0 bridgehead atoms. The van der Waals surface area contributed by atoms with Gasteiger partial charge in [-0.25, -0.2) is 4.98 Å². The summed E-state index contributed by atoms with van der Waals surface area (Å²) in [7, 11) is 0. The van der Waals surface area contributed by atoms with Crippen molar-refractivity contribution in [3.63, 3.8) is 0 Å². The lowest BCUT2D eigenvalue weighted by Gasteiger charge is -2.15. The molecule has 0 radical (unpaired) electrons. The second-order valence-corrected chi connectivity index (χ2v) is 4.62. The summed E-state index contributed by atoms with van der Waals surface area (Å²) in [6.45, 7) is 5.99. The highest BCUT2D eigenvalue weighted by molar-refractivity contribution is 5.99. The number of carbonyl (C=O) groups is 1. The average molecular weight is 231 g/mol. The fraction of sp³-hybridized carbons (Fsp3) is 0.385. The summed E-state index contributed by atoms with van der Waals surface area (Å²) in [5.41, 5.74) is 0.872. The molecule has 0 spiro atoms. The van der Waals surface area contributed by atoms with Gasteiger partial charge in [0.1, 0.15) is 0 Å². The summed E-state index contributed by atoms with van der Waals surface area (Å²) < 4.78 is 0. The second-order valence-electron chi connectivity index (χ2n) is 4.62. The minimum Gasteiger partial charge on any atom is -0.358 e. The maximum Gasteiger partial charge on any atom is 0.228 e. The highest BCUT2D eigenvalue weighted by Crippen LogP contribution is 2.20. The fourth-order valence-electron chi connectivity index (χ4n) is 1.61. The van der Waals surface area contributed by atoms with Gasteiger partial charge in [0.2, 0.25) is 5.91 Å². The van der Waals surface area contributed by atoms with Gasteiger partial charge < -0.3 is 10.3 Å². The van der Waals surface area contributed by atoms with E-state index in [0.29, 0.717) is 11.7 Å². The first-order valence-electron chi connectivity index (χ1n) is 5.82. The summed E-state index contributed by atoms with van der Waals surface area (Å²) in [6.07, 6.45) is 3.54. The molecule has 1 amide bonds. The van der Waals surface area contributed by atoms with E-state index in [1.54, 1.807) is 6.20 Å². The molecule has 0 aliphatic rings. The number of fused-ring (bicyclic) bond motifs is 1. The number of nitrogens with zero attached hydrogens (tertiary/aromatic N) is 1. The van der Waals surface area contributed by atoms with Crippen molar-refractivity contribution >= 4 is 22.6 Å². The Balaban J connectivity index is 2.24. The molecule has 90 valence electrons. The quantitative estimate of drug-likeness (QED) is 0.853. The van der Waals surface area contributed by atoms with Gasteiger partial charge in [0, 0.05) is 23.7 Å². The Kier molecular flexibility index (Phi) is 3.13. The number of hydrogen-bond donors (Lipinski definition) is 2. The van der Waals surface area contributed by atoms with Crippen LogP contribution in [-0.2, 0) is 4.79 Å². The SMILES string of the molecule is CC(C)C(C)C(=O)Nc1nccc2cc[nH]c12. The van der Waals surface area contributed by atoms with Crippen molar-refractivity contribution in [2.24, 2.45) is 11.8 Å². The molecule has 1 unspecified atom stereocenters. The molecule has 2 aromatic heterocycles. The molecule has 0 saturated carbocycles. The Morgan fingerprint density at radius 3 is 2.82 bits per heavy atom. The van der Waals surface area contributed by atoms with E-state index in [0.717, 1.165) is 10.9 Å². The predicted molar refractivity (Wildman–Crippen MR) is 68.7 cm³/mol. The van der Waals surface area contributed by atoms with Gasteiger partial charge in [0.15, 0.2) is 5.82 Å². The lowest BCUT2D eigenvalue weighted by molar-refractivity contribution is -0.120. The Bertz CT molecular complexity index is 530. The van der Waals surface area contributed by atoms with Gasteiger partial charge in [-0.15, -0.1) is 0 Å². The Morgan fingerprint density at radius 2 is 2.12 bits per heavy atom. The molecule has 0 saturated heterocycles. The van der Waals surface area contributed by atoms with Crippen LogP contribution in [0, 0.1) is 11.8 Å². The van der Waals surface area contributed by atoms with Crippen molar-refractivity contribution in [3.8, 4) is 0 Å². The number of anilines is 1. The third-order valence-corrected chi connectivity index (χ3v) is 3.13. The molecular formula is C13H17N3O. The third kappa shape index (κ3) is 2.30. The van der Waals surface area contributed by atoms with Crippen LogP contribution < -0.4 is 5.32 Å². The molecule has 4 nitrogen and oxygen atoms in total. The second kappa shape index (κ2) is 4.57. The van der Waals surface area contributed by atoms with Crippen molar-refractivity contribution in [1.29, 1.82) is 0 Å². The smallest absolute Gasteiger partial charge is 0.228 e. The van der Waals surface area contributed by atoms with E-state index in [1.165, 1.54) is 0 Å². The van der Waals surface area contributed by atoms with Gasteiger partial charge in [0.05, 0.1) is 5.52 Å². The number of pyridine rings is 1. The Morgan fingerprint density at radius 1 is 1.35 bits per heavy atom. The van der Waals surface area contributed by atoms with E-state index in [9.17, 15) is 4.79 Å². The molecule has 4 heteroatoms. The summed E-state index contributed by atoms with van der Waals surface area (Å²) in [5, 5.41) is 3.92. The van der Waals surface area contributed by atoms with E-state index < -0.39 is 0 Å². The van der Waals surface area contributed by atoms with Crippen LogP contribution in [0.2, 0.25) is 0 Å². The Labute approximate surface area is 100 Å². The molecule has 2 rings (SSSR count). The molecule has 2 heterocycles. The molecule has 0 aromatic carbocycles. The zero-order valence-electron chi connectivity index (χ0n) is 10.3. The normalized spacial score (nSPS) is 12.9. The molecule has 0 aliphatic heterocycles. The summed E-state index contributed by atoms with van der Waals surface area (Å²) in [4.78, 5) is 19.2. The van der Waals surface area contributed by atoms with Gasteiger partial charge in [-0.05, 0) is 18.1 Å². The number of aromatic nitrogens is 2. The minimum absolute atomic E-state index is 0.00889. The van der Waals surface area contributed by atoms with Crippen molar-refractivity contribution in [1.82, 2.24) is 9.97 Å². The van der Waals surface area contributed by atoms with Gasteiger partial charge in [0.25, 0.3) is 0 Å². The van der Waals surface area contributed by atoms with Gasteiger partial charge in [-0.3, -0.25) is 4.79 Å². The lowest BCUT2D eigenvalue weighted by atomic mass is 9.97. The largest absolute Gasteiger partial charge is 0.358 e. The van der Waals surface area contributed by atoms with Gasteiger partial charge in [-0.1, -0.05) is 20.8 Å². The molecule has 0 fully saturated rings. The summed E-state index contributed by atoms with van der Waals surface area (Å²) in [6, 6.07) is 3.87. The maximum atomic E-state index is 12.0. The van der Waals surface area contributed by atoms with E-state index in [2.05, 4.69) is 15.3 Å².